The molecular formula is C20H25N5. The summed E-state index contributed by atoms with van der Waals surface area (Å²) < 4.78 is 4.33. The van der Waals surface area contributed by atoms with Crippen LogP contribution < -0.4 is 0 Å². The molecule has 1 aliphatic rings. The summed E-state index contributed by atoms with van der Waals surface area (Å²) in [5.74, 6) is 1.15. The van der Waals surface area contributed by atoms with Crippen molar-refractivity contribution >= 4 is 0 Å². The first-order valence-corrected chi connectivity index (χ1v) is 9.14. The quantitative estimate of drug-likeness (QED) is 0.694. The van der Waals surface area contributed by atoms with Gasteiger partial charge in [0, 0.05) is 37.4 Å². The zero-order valence-corrected chi connectivity index (χ0v) is 14.5. The molecule has 0 amide bonds. The molecule has 2 aromatic heterocycles. The normalized spacial score (nSPS) is 18.5. The molecule has 3 aromatic rings. The molecule has 1 aromatic carbocycles. The predicted octanol–water partition coefficient (Wildman–Crippen LogP) is 3.18. The SMILES string of the molecule is c1ccc(Cn2ccnc2CN2CCCC[C@H]2Cn2cccn2)cc1. The van der Waals surface area contributed by atoms with Crippen LogP contribution in [-0.4, -0.2) is 36.8 Å². The van der Waals surface area contributed by atoms with Crippen molar-refractivity contribution < 1.29 is 0 Å². The first kappa shape index (κ1) is 16.1. The number of nitrogens with zero attached hydrogens (tertiary/aromatic N) is 5. The predicted molar refractivity (Wildman–Crippen MR) is 98.0 cm³/mol. The number of likely N-dealkylation sites (tertiary alicyclic amines) is 1. The first-order valence-electron chi connectivity index (χ1n) is 9.14. The van der Waals surface area contributed by atoms with Crippen molar-refractivity contribution in [1.29, 1.82) is 0 Å². The Morgan fingerprint density at radius 3 is 2.72 bits per heavy atom. The van der Waals surface area contributed by atoms with Crippen LogP contribution in [0.1, 0.15) is 30.7 Å². The largest absolute Gasteiger partial charge is 0.329 e. The molecule has 3 heterocycles. The number of hydrogen-bond donors (Lipinski definition) is 0. The van der Waals surface area contributed by atoms with Crippen LogP contribution in [0.4, 0.5) is 0 Å². The van der Waals surface area contributed by atoms with Gasteiger partial charge in [0.05, 0.1) is 13.1 Å². The average Bonchev–Trinajstić information content (AvgIpc) is 3.30. The molecule has 5 nitrogen and oxygen atoms in total. The standard InChI is InChI=1S/C20H25N5/c1-2-7-18(8-3-1)15-24-14-11-21-20(24)17-23-12-5-4-9-19(23)16-25-13-6-10-22-25/h1-3,6-8,10-11,13-14,19H,4-5,9,12,15-17H2/t19-/m0/s1. The Morgan fingerprint density at radius 2 is 1.88 bits per heavy atom. The fourth-order valence-electron chi connectivity index (χ4n) is 3.70. The van der Waals surface area contributed by atoms with E-state index in [1.165, 1.54) is 24.8 Å². The molecule has 1 fully saturated rings. The van der Waals surface area contributed by atoms with Crippen LogP contribution in [0.25, 0.3) is 0 Å². The molecule has 0 N–H and O–H groups in total. The van der Waals surface area contributed by atoms with Crippen LogP contribution in [0.3, 0.4) is 0 Å². The van der Waals surface area contributed by atoms with Crippen LogP contribution in [0, 0.1) is 0 Å². The van der Waals surface area contributed by atoms with Crippen molar-refractivity contribution in [2.45, 2.75) is 44.9 Å². The summed E-state index contributed by atoms with van der Waals surface area (Å²) in [4.78, 5) is 7.22. The Labute approximate surface area is 148 Å². The van der Waals surface area contributed by atoms with Gasteiger partial charge in [-0.05, 0) is 31.0 Å². The van der Waals surface area contributed by atoms with E-state index >= 15 is 0 Å². The Morgan fingerprint density at radius 1 is 0.960 bits per heavy atom. The van der Waals surface area contributed by atoms with Gasteiger partial charge in [-0.25, -0.2) is 4.98 Å². The highest BCUT2D eigenvalue weighted by Crippen LogP contribution is 2.21. The maximum atomic E-state index is 4.64. The minimum atomic E-state index is 0.538. The van der Waals surface area contributed by atoms with Gasteiger partial charge in [0.1, 0.15) is 5.82 Å². The zero-order chi connectivity index (χ0) is 16.9. The molecule has 0 aliphatic carbocycles. The molecule has 1 aliphatic heterocycles. The van der Waals surface area contributed by atoms with Gasteiger partial charge in [-0.3, -0.25) is 9.58 Å². The van der Waals surface area contributed by atoms with E-state index < -0.39 is 0 Å². The monoisotopic (exact) mass is 335 g/mol. The number of piperidine rings is 1. The minimum absolute atomic E-state index is 0.538. The Kier molecular flexibility index (Phi) is 4.93. The molecule has 0 unspecified atom stereocenters. The van der Waals surface area contributed by atoms with Gasteiger partial charge >= 0.3 is 0 Å². The highest BCUT2D eigenvalue weighted by atomic mass is 15.3. The van der Waals surface area contributed by atoms with E-state index in [0.717, 1.165) is 32.0 Å². The van der Waals surface area contributed by atoms with E-state index in [1.54, 1.807) is 0 Å². The molecule has 0 bridgehead atoms. The van der Waals surface area contributed by atoms with Gasteiger partial charge in [0.25, 0.3) is 0 Å². The molecule has 130 valence electrons. The maximum absolute atomic E-state index is 4.64. The summed E-state index contributed by atoms with van der Waals surface area (Å²) >= 11 is 0. The van der Waals surface area contributed by atoms with Crippen LogP contribution >= 0.6 is 0 Å². The van der Waals surface area contributed by atoms with Gasteiger partial charge < -0.3 is 4.57 Å². The molecule has 25 heavy (non-hydrogen) atoms. The van der Waals surface area contributed by atoms with Gasteiger partial charge in [0.2, 0.25) is 0 Å². The lowest BCUT2D eigenvalue weighted by Gasteiger charge is -2.35. The third kappa shape index (κ3) is 3.99. The third-order valence-electron chi connectivity index (χ3n) is 5.05. The number of rotatable bonds is 6. The highest BCUT2D eigenvalue weighted by Gasteiger charge is 2.24. The van der Waals surface area contributed by atoms with Crippen LogP contribution in [0.2, 0.25) is 0 Å². The van der Waals surface area contributed by atoms with E-state index in [-0.39, 0.29) is 0 Å². The molecule has 4 rings (SSSR count). The van der Waals surface area contributed by atoms with Crippen LogP contribution in [-0.2, 0) is 19.6 Å². The summed E-state index contributed by atoms with van der Waals surface area (Å²) in [6, 6.07) is 13.1. The number of benzene rings is 1. The highest BCUT2D eigenvalue weighted by molar-refractivity contribution is 5.15. The van der Waals surface area contributed by atoms with Gasteiger partial charge in [-0.15, -0.1) is 0 Å². The van der Waals surface area contributed by atoms with E-state index in [9.17, 15) is 0 Å². The Hall–Kier alpha value is -2.40. The Bertz CT molecular complexity index is 763. The first-order chi connectivity index (χ1) is 12.4. The van der Waals surface area contributed by atoms with Gasteiger partial charge in [-0.1, -0.05) is 36.8 Å². The minimum Gasteiger partial charge on any atom is -0.329 e. The van der Waals surface area contributed by atoms with Crippen molar-refractivity contribution in [2.75, 3.05) is 6.54 Å². The molecule has 1 saturated heterocycles. The van der Waals surface area contributed by atoms with Gasteiger partial charge in [0.15, 0.2) is 0 Å². The fraction of sp³-hybridized carbons (Fsp3) is 0.400. The third-order valence-corrected chi connectivity index (χ3v) is 5.05. The molecule has 5 heteroatoms. The maximum Gasteiger partial charge on any atom is 0.123 e. The summed E-state index contributed by atoms with van der Waals surface area (Å²) in [7, 11) is 0. The van der Waals surface area contributed by atoms with E-state index in [0.29, 0.717) is 6.04 Å². The number of hydrogen-bond acceptors (Lipinski definition) is 3. The van der Waals surface area contributed by atoms with Gasteiger partial charge in [-0.2, -0.15) is 5.10 Å². The van der Waals surface area contributed by atoms with E-state index in [2.05, 4.69) is 67.0 Å². The summed E-state index contributed by atoms with van der Waals surface area (Å²) in [6.07, 6.45) is 11.7. The number of aromatic nitrogens is 4. The summed E-state index contributed by atoms with van der Waals surface area (Å²) in [5, 5.41) is 4.38. The Balaban J connectivity index is 1.46. The van der Waals surface area contributed by atoms with E-state index in [4.69, 9.17) is 0 Å². The second-order valence-electron chi connectivity index (χ2n) is 6.81. The molecule has 0 saturated carbocycles. The molecule has 0 radical (unpaired) electrons. The second kappa shape index (κ2) is 7.66. The van der Waals surface area contributed by atoms with Crippen LogP contribution in [0.5, 0.6) is 0 Å². The molecular weight excluding hydrogens is 310 g/mol. The second-order valence-corrected chi connectivity index (χ2v) is 6.81. The van der Waals surface area contributed by atoms with Crippen molar-refractivity contribution in [2.24, 2.45) is 0 Å². The topological polar surface area (TPSA) is 38.9 Å². The lowest BCUT2D eigenvalue weighted by Crippen LogP contribution is -2.42. The number of imidazole rings is 1. The smallest absolute Gasteiger partial charge is 0.123 e. The van der Waals surface area contributed by atoms with Crippen molar-refractivity contribution in [3.63, 3.8) is 0 Å². The van der Waals surface area contributed by atoms with Crippen molar-refractivity contribution in [3.05, 3.63) is 72.6 Å². The van der Waals surface area contributed by atoms with E-state index in [1.807, 2.05) is 18.5 Å². The van der Waals surface area contributed by atoms with Crippen molar-refractivity contribution in [1.82, 2.24) is 24.2 Å². The van der Waals surface area contributed by atoms with Crippen molar-refractivity contribution in [3.8, 4) is 0 Å². The average molecular weight is 335 g/mol. The molecule has 1 atom stereocenters. The summed E-state index contributed by atoms with van der Waals surface area (Å²) in [6.45, 7) is 3.90. The summed E-state index contributed by atoms with van der Waals surface area (Å²) in [5.41, 5.74) is 1.31. The fourth-order valence-corrected chi connectivity index (χ4v) is 3.70. The lowest BCUT2D eigenvalue weighted by molar-refractivity contribution is 0.117. The van der Waals surface area contributed by atoms with Crippen LogP contribution in [0.15, 0.2) is 61.2 Å². The molecule has 0 spiro atoms. The lowest BCUT2D eigenvalue weighted by atomic mass is 10.0. The zero-order valence-electron chi connectivity index (χ0n) is 14.5.